The van der Waals surface area contributed by atoms with Gasteiger partial charge in [0.05, 0.1) is 10.6 Å². The highest BCUT2D eigenvalue weighted by Gasteiger charge is 2.17. The summed E-state index contributed by atoms with van der Waals surface area (Å²) in [5.74, 6) is 0.898. The van der Waals surface area contributed by atoms with E-state index in [2.05, 4.69) is 14.8 Å². The van der Waals surface area contributed by atoms with Gasteiger partial charge < -0.3 is 9.80 Å². The minimum atomic E-state index is -0.407. The van der Waals surface area contributed by atoms with Crippen LogP contribution >= 0.6 is 0 Å². The standard InChI is InChI=1S/C12H16N4O2/c1-14-8-3-9-15(2)12(14)13-10-4-6-11(7-5-10)16(17)18/h4-7H,3,8-9H2,1-2H3. The van der Waals surface area contributed by atoms with Gasteiger partial charge in [0.2, 0.25) is 5.96 Å². The van der Waals surface area contributed by atoms with Gasteiger partial charge in [-0.3, -0.25) is 10.1 Å². The van der Waals surface area contributed by atoms with Crippen LogP contribution in [0.5, 0.6) is 0 Å². The summed E-state index contributed by atoms with van der Waals surface area (Å²) in [6, 6.07) is 6.28. The molecule has 0 N–H and O–H groups in total. The first kappa shape index (κ1) is 12.3. The highest BCUT2D eigenvalue weighted by atomic mass is 16.6. The summed E-state index contributed by atoms with van der Waals surface area (Å²) in [7, 11) is 4.00. The molecule has 0 saturated carbocycles. The van der Waals surface area contributed by atoms with E-state index in [-0.39, 0.29) is 5.69 Å². The molecular formula is C12H16N4O2. The Balaban J connectivity index is 2.23. The molecule has 1 fully saturated rings. The summed E-state index contributed by atoms with van der Waals surface area (Å²) in [5.41, 5.74) is 0.820. The third-order valence-electron chi connectivity index (χ3n) is 2.96. The van der Waals surface area contributed by atoms with Gasteiger partial charge in [0.25, 0.3) is 5.69 Å². The smallest absolute Gasteiger partial charge is 0.269 e. The van der Waals surface area contributed by atoms with Crippen molar-refractivity contribution in [2.24, 2.45) is 4.99 Å². The molecule has 6 heteroatoms. The summed E-state index contributed by atoms with van der Waals surface area (Å²) in [5, 5.41) is 10.6. The number of nitrogens with zero attached hydrogens (tertiary/aromatic N) is 4. The van der Waals surface area contributed by atoms with Crippen molar-refractivity contribution >= 4 is 17.3 Å². The lowest BCUT2D eigenvalue weighted by Gasteiger charge is -2.34. The molecule has 0 aliphatic carbocycles. The lowest BCUT2D eigenvalue weighted by atomic mass is 10.3. The Kier molecular flexibility index (Phi) is 3.45. The summed E-state index contributed by atoms with van der Waals surface area (Å²) in [4.78, 5) is 18.9. The van der Waals surface area contributed by atoms with Crippen molar-refractivity contribution in [1.29, 1.82) is 0 Å². The van der Waals surface area contributed by atoms with Gasteiger partial charge in [0, 0.05) is 39.3 Å². The molecule has 1 aliphatic heterocycles. The number of non-ortho nitro benzene ring substituents is 1. The predicted octanol–water partition coefficient (Wildman–Crippen LogP) is 1.85. The molecule has 0 amide bonds. The van der Waals surface area contributed by atoms with E-state index in [1.54, 1.807) is 12.1 Å². The van der Waals surface area contributed by atoms with Crippen molar-refractivity contribution in [1.82, 2.24) is 9.80 Å². The minimum absolute atomic E-state index is 0.0873. The number of hydrogen-bond donors (Lipinski definition) is 0. The molecule has 18 heavy (non-hydrogen) atoms. The van der Waals surface area contributed by atoms with Crippen molar-refractivity contribution in [3.05, 3.63) is 34.4 Å². The van der Waals surface area contributed by atoms with Crippen LogP contribution in [0.2, 0.25) is 0 Å². The molecule has 0 radical (unpaired) electrons. The van der Waals surface area contributed by atoms with E-state index in [1.807, 2.05) is 14.1 Å². The Morgan fingerprint density at radius 1 is 1.17 bits per heavy atom. The highest BCUT2D eigenvalue weighted by molar-refractivity contribution is 5.83. The topological polar surface area (TPSA) is 62.0 Å². The van der Waals surface area contributed by atoms with Gasteiger partial charge in [-0.1, -0.05) is 0 Å². The van der Waals surface area contributed by atoms with Crippen molar-refractivity contribution in [3.63, 3.8) is 0 Å². The molecule has 1 saturated heterocycles. The number of guanidine groups is 1. The Bertz CT molecular complexity index is 457. The molecule has 0 bridgehead atoms. The molecule has 96 valence electrons. The fourth-order valence-corrected chi connectivity index (χ4v) is 1.97. The zero-order valence-corrected chi connectivity index (χ0v) is 10.5. The SMILES string of the molecule is CN1CCCN(C)C1=Nc1ccc([N+](=O)[O-])cc1. The Morgan fingerprint density at radius 3 is 2.22 bits per heavy atom. The summed E-state index contributed by atoms with van der Waals surface area (Å²) < 4.78 is 0. The van der Waals surface area contributed by atoms with Crippen molar-refractivity contribution in [2.45, 2.75) is 6.42 Å². The average molecular weight is 248 g/mol. The number of hydrogen-bond acceptors (Lipinski definition) is 3. The van der Waals surface area contributed by atoms with Crippen LogP contribution in [0, 0.1) is 10.1 Å². The van der Waals surface area contributed by atoms with Crippen molar-refractivity contribution in [2.75, 3.05) is 27.2 Å². The van der Waals surface area contributed by atoms with E-state index in [0.717, 1.165) is 31.2 Å². The van der Waals surface area contributed by atoms with Crippen molar-refractivity contribution < 1.29 is 4.92 Å². The molecule has 0 aromatic heterocycles. The molecule has 0 atom stereocenters. The molecular weight excluding hydrogens is 232 g/mol. The van der Waals surface area contributed by atoms with Gasteiger partial charge in [0.1, 0.15) is 0 Å². The van der Waals surface area contributed by atoms with E-state index in [4.69, 9.17) is 0 Å². The van der Waals surface area contributed by atoms with E-state index >= 15 is 0 Å². The summed E-state index contributed by atoms with van der Waals surface area (Å²) in [6.45, 7) is 1.96. The third-order valence-corrected chi connectivity index (χ3v) is 2.96. The zero-order valence-electron chi connectivity index (χ0n) is 10.5. The predicted molar refractivity (Wildman–Crippen MR) is 70.1 cm³/mol. The van der Waals surface area contributed by atoms with E-state index in [1.165, 1.54) is 12.1 Å². The molecule has 0 unspecified atom stereocenters. The molecule has 1 heterocycles. The Labute approximate surface area is 106 Å². The number of nitro benzene ring substituents is 1. The summed E-state index contributed by atoms with van der Waals surface area (Å²) in [6.07, 6.45) is 1.12. The van der Waals surface area contributed by atoms with Crippen molar-refractivity contribution in [3.8, 4) is 0 Å². The van der Waals surface area contributed by atoms with Crippen LogP contribution in [0.1, 0.15) is 6.42 Å². The van der Waals surface area contributed by atoms with E-state index in [9.17, 15) is 10.1 Å². The zero-order chi connectivity index (χ0) is 13.1. The minimum Gasteiger partial charge on any atom is -0.346 e. The van der Waals surface area contributed by atoms with E-state index < -0.39 is 4.92 Å². The van der Waals surface area contributed by atoms with Gasteiger partial charge >= 0.3 is 0 Å². The van der Waals surface area contributed by atoms with E-state index in [0.29, 0.717) is 0 Å². The third kappa shape index (κ3) is 2.58. The number of benzene rings is 1. The lowest BCUT2D eigenvalue weighted by Crippen LogP contribution is -2.46. The second-order valence-corrected chi connectivity index (χ2v) is 4.38. The Hall–Kier alpha value is -2.11. The van der Waals surface area contributed by atoms with Crippen LogP contribution in [-0.4, -0.2) is 47.9 Å². The van der Waals surface area contributed by atoms with Gasteiger partial charge in [0.15, 0.2) is 0 Å². The quantitative estimate of drug-likeness (QED) is 0.592. The first-order chi connectivity index (χ1) is 8.58. The fraction of sp³-hybridized carbons (Fsp3) is 0.417. The molecule has 0 spiro atoms. The summed E-state index contributed by atoms with van der Waals surface area (Å²) >= 11 is 0. The number of rotatable bonds is 2. The van der Waals surface area contributed by atoms with Crippen LogP contribution in [0.25, 0.3) is 0 Å². The second-order valence-electron chi connectivity index (χ2n) is 4.38. The van der Waals surface area contributed by atoms with Crippen LogP contribution in [0.4, 0.5) is 11.4 Å². The molecule has 2 rings (SSSR count). The highest BCUT2D eigenvalue weighted by Crippen LogP contribution is 2.19. The van der Waals surface area contributed by atoms with Gasteiger partial charge in [-0.05, 0) is 18.6 Å². The molecule has 1 aromatic rings. The fourth-order valence-electron chi connectivity index (χ4n) is 1.97. The largest absolute Gasteiger partial charge is 0.346 e. The molecule has 1 aromatic carbocycles. The first-order valence-corrected chi connectivity index (χ1v) is 5.83. The second kappa shape index (κ2) is 5.03. The Morgan fingerprint density at radius 2 is 1.72 bits per heavy atom. The monoisotopic (exact) mass is 248 g/mol. The lowest BCUT2D eigenvalue weighted by molar-refractivity contribution is -0.384. The maximum absolute atomic E-state index is 10.6. The van der Waals surface area contributed by atoms with Crippen LogP contribution in [0.3, 0.4) is 0 Å². The van der Waals surface area contributed by atoms with Crippen LogP contribution < -0.4 is 0 Å². The van der Waals surface area contributed by atoms with Gasteiger partial charge in [-0.25, -0.2) is 4.99 Å². The number of nitro groups is 1. The van der Waals surface area contributed by atoms with Crippen LogP contribution in [-0.2, 0) is 0 Å². The normalized spacial score (nSPS) is 15.8. The molecule has 6 nitrogen and oxygen atoms in total. The van der Waals surface area contributed by atoms with Crippen LogP contribution in [0.15, 0.2) is 29.3 Å². The van der Waals surface area contributed by atoms with Gasteiger partial charge in [-0.15, -0.1) is 0 Å². The maximum atomic E-state index is 10.6. The maximum Gasteiger partial charge on any atom is 0.269 e. The average Bonchev–Trinajstić information content (AvgIpc) is 2.34. The number of aliphatic imine (C=N–C) groups is 1. The van der Waals surface area contributed by atoms with Gasteiger partial charge in [-0.2, -0.15) is 0 Å². The molecule has 1 aliphatic rings. The first-order valence-electron chi connectivity index (χ1n) is 5.83.